The standard InChI is InChI=1S/C12H14BrNO5S/c1-14-11(15)3-2-6-20(18,19)10-7-8(12(16)17)4-5-9(10)13/h4-5,7H,2-3,6H2,1H3,(H,14,15)(H,16,17). The van der Waals surface area contributed by atoms with Gasteiger partial charge < -0.3 is 10.4 Å². The first-order chi connectivity index (χ1) is 9.27. The molecule has 0 unspecified atom stereocenters. The largest absolute Gasteiger partial charge is 0.478 e. The van der Waals surface area contributed by atoms with Gasteiger partial charge in [-0.1, -0.05) is 0 Å². The average Bonchev–Trinajstić information content (AvgIpc) is 2.38. The summed E-state index contributed by atoms with van der Waals surface area (Å²) < 4.78 is 24.6. The van der Waals surface area contributed by atoms with E-state index in [-0.39, 0.29) is 35.0 Å². The molecule has 0 aliphatic heterocycles. The molecule has 6 nitrogen and oxygen atoms in total. The predicted molar refractivity (Wildman–Crippen MR) is 76.5 cm³/mol. The van der Waals surface area contributed by atoms with Crippen LogP contribution < -0.4 is 5.32 Å². The molecule has 1 rings (SSSR count). The molecule has 0 radical (unpaired) electrons. The zero-order chi connectivity index (χ0) is 15.3. The third-order valence-corrected chi connectivity index (χ3v) is 5.40. The summed E-state index contributed by atoms with van der Waals surface area (Å²) in [6.07, 6.45) is 0.276. The van der Waals surface area contributed by atoms with Gasteiger partial charge in [-0.15, -0.1) is 0 Å². The molecule has 0 saturated heterocycles. The molecule has 0 atom stereocenters. The third kappa shape index (κ3) is 4.31. The number of carboxylic acids is 1. The van der Waals surface area contributed by atoms with Gasteiger partial charge >= 0.3 is 5.97 Å². The molecule has 0 heterocycles. The second-order valence-electron chi connectivity index (χ2n) is 4.05. The molecule has 8 heteroatoms. The predicted octanol–water partition coefficient (Wildman–Crippen LogP) is 1.45. The van der Waals surface area contributed by atoms with Crippen LogP contribution in [0.5, 0.6) is 0 Å². The number of carbonyl (C=O) groups excluding carboxylic acids is 1. The molecule has 0 fully saturated rings. The topological polar surface area (TPSA) is 101 Å². The van der Waals surface area contributed by atoms with Crippen molar-refractivity contribution in [1.29, 1.82) is 0 Å². The number of halogens is 1. The molecule has 0 aromatic heterocycles. The van der Waals surface area contributed by atoms with Crippen LogP contribution in [0.15, 0.2) is 27.6 Å². The van der Waals surface area contributed by atoms with E-state index < -0.39 is 15.8 Å². The summed E-state index contributed by atoms with van der Waals surface area (Å²) >= 11 is 3.10. The van der Waals surface area contributed by atoms with Crippen molar-refractivity contribution in [2.24, 2.45) is 0 Å². The Bertz CT molecular complexity index is 627. The number of benzene rings is 1. The minimum atomic E-state index is -3.64. The van der Waals surface area contributed by atoms with Crippen molar-refractivity contribution in [3.05, 3.63) is 28.2 Å². The van der Waals surface area contributed by atoms with Crippen molar-refractivity contribution < 1.29 is 23.1 Å². The molecular weight excluding hydrogens is 350 g/mol. The Balaban J connectivity index is 2.94. The quantitative estimate of drug-likeness (QED) is 0.796. The van der Waals surface area contributed by atoms with Gasteiger partial charge in [-0.05, 0) is 40.5 Å². The molecule has 110 valence electrons. The van der Waals surface area contributed by atoms with Crippen molar-refractivity contribution in [2.75, 3.05) is 12.8 Å². The Morgan fingerprint density at radius 1 is 1.35 bits per heavy atom. The molecular formula is C12H14BrNO5S. The number of hydrogen-bond donors (Lipinski definition) is 2. The van der Waals surface area contributed by atoms with Crippen molar-refractivity contribution in [2.45, 2.75) is 17.7 Å². The molecule has 1 aromatic rings. The Hall–Kier alpha value is -1.41. The SMILES string of the molecule is CNC(=O)CCCS(=O)(=O)c1cc(C(=O)O)ccc1Br. The van der Waals surface area contributed by atoms with E-state index in [2.05, 4.69) is 21.2 Å². The molecule has 0 aliphatic rings. The fourth-order valence-electron chi connectivity index (χ4n) is 1.53. The maximum atomic E-state index is 12.1. The molecule has 0 spiro atoms. The summed E-state index contributed by atoms with van der Waals surface area (Å²) in [7, 11) is -2.17. The highest BCUT2D eigenvalue weighted by Gasteiger charge is 2.20. The average molecular weight is 364 g/mol. The van der Waals surface area contributed by atoms with E-state index in [9.17, 15) is 18.0 Å². The second kappa shape index (κ2) is 6.85. The van der Waals surface area contributed by atoms with Gasteiger partial charge in [0.1, 0.15) is 0 Å². The smallest absolute Gasteiger partial charge is 0.335 e. The minimum absolute atomic E-state index is 0.0747. The number of carboxylic acid groups (broad SMARTS) is 1. The highest BCUT2D eigenvalue weighted by atomic mass is 79.9. The van der Waals surface area contributed by atoms with Crippen LogP contribution in [0.4, 0.5) is 0 Å². The van der Waals surface area contributed by atoms with Crippen LogP contribution in [-0.4, -0.2) is 38.2 Å². The maximum Gasteiger partial charge on any atom is 0.335 e. The number of aromatic carboxylic acids is 1. The van der Waals surface area contributed by atoms with Crippen molar-refractivity contribution >= 4 is 37.6 Å². The summed E-state index contributed by atoms with van der Waals surface area (Å²) in [5.74, 6) is -1.65. The number of rotatable bonds is 6. The highest BCUT2D eigenvalue weighted by molar-refractivity contribution is 9.10. The van der Waals surface area contributed by atoms with E-state index in [4.69, 9.17) is 5.11 Å². The van der Waals surface area contributed by atoms with Crippen LogP contribution in [-0.2, 0) is 14.6 Å². The van der Waals surface area contributed by atoms with Crippen molar-refractivity contribution in [1.82, 2.24) is 5.32 Å². The zero-order valence-electron chi connectivity index (χ0n) is 10.7. The van der Waals surface area contributed by atoms with Crippen LogP contribution >= 0.6 is 15.9 Å². The molecule has 1 amide bonds. The van der Waals surface area contributed by atoms with Gasteiger partial charge in [0.15, 0.2) is 9.84 Å². The molecule has 0 saturated carbocycles. The molecule has 20 heavy (non-hydrogen) atoms. The van der Waals surface area contributed by atoms with E-state index in [0.717, 1.165) is 6.07 Å². The van der Waals surface area contributed by atoms with Gasteiger partial charge in [-0.3, -0.25) is 4.79 Å². The zero-order valence-corrected chi connectivity index (χ0v) is 13.1. The Morgan fingerprint density at radius 3 is 2.55 bits per heavy atom. The maximum absolute atomic E-state index is 12.1. The number of nitrogens with one attached hydrogen (secondary N) is 1. The van der Waals surface area contributed by atoms with Crippen molar-refractivity contribution in [3.8, 4) is 0 Å². The van der Waals surface area contributed by atoms with Crippen LogP contribution in [0.3, 0.4) is 0 Å². The summed E-state index contributed by atoms with van der Waals surface area (Å²) in [5, 5.41) is 11.3. The first kappa shape index (κ1) is 16.6. The van der Waals surface area contributed by atoms with E-state index in [1.165, 1.54) is 19.2 Å². The summed E-state index contributed by atoms with van der Waals surface area (Å²) in [4.78, 5) is 21.8. The normalized spacial score (nSPS) is 11.1. The fourth-order valence-corrected chi connectivity index (χ4v) is 3.93. The Kier molecular flexibility index (Phi) is 5.70. The molecule has 1 aromatic carbocycles. The number of carbonyl (C=O) groups is 2. The summed E-state index contributed by atoms with van der Waals surface area (Å²) in [6, 6.07) is 3.81. The lowest BCUT2D eigenvalue weighted by Crippen LogP contribution is -2.19. The van der Waals surface area contributed by atoms with E-state index in [1.54, 1.807) is 0 Å². The van der Waals surface area contributed by atoms with Crippen LogP contribution in [0.1, 0.15) is 23.2 Å². The molecule has 2 N–H and O–H groups in total. The van der Waals surface area contributed by atoms with Gasteiger partial charge in [-0.2, -0.15) is 0 Å². The van der Waals surface area contributed by atoms with Crippen LogP contribution in [0.2, 0.25) is 0 Å². The van der Waals surface area contributed by atoms with E-state index in [1.807, 2.05) is 0 Å². The molecule has 0 bridgehead atoms. The van der Waals surface area contributed by atoms with Gasteiger partial charge in [0.05, 0.1) is 16.2 Å². The van der Waals surface area contributed by atoms with Gasteiger partial charge in [0.2, 0.25) is 5.91 Å². The van der Waals surface area contributed by atoms with Crippen molar-refractivity contribution in [3.63, 3.8) is 0 Å². The second-order valence-corrected chi connectivity index (χ2v) is 6.98. The molecule has 0 aliphatic carbocycles. The summed E-state index contributed by atoms with van der Waals surface area (Å²) in [5.41, 5.74) is -0.0990. The lowest BCUT2D eigenvalue weighted by atomic mass is 10.2. The Morgan fingerprint density at radius 2 is 2.00 bits per heavy atom. The number of amides is 1. The van der Waals surface area contributed by atoms with Gasteiger partial charge in [0, 0.05) is 17.9 Å². The number of hydrogen-bond acceptors (Lipinski definition) is 4. The highest BCUT2D eigenvalue weighted by Crippen LogP contribution is 2.25. The van der Waals surface area contributed by atoms with Crippen LogP contribution in [0, 0.1) is 0 Å². The fraction of sp³-hybridized carbons (Fsp3) is 0.333. The lowest BCUT2D eigenvalue weighted by molar-refractivity contribution is -0.120. The lowest BCUT2D eigenvalue weighted by Gasteiger charge is -2.07. The van der Waals surface area contributed by atoms with Crippen LogP contribution in [0.25, 0.3) is 0 Å². The van der Waals surface area contributed by atoms with Gasteiger partial charge in [-0.25, -0.2) is 13.2 Å². The van der Waals surface area contributed by atoms with E-state index >= 15 is 0 Å². The van der Waals surface area contributed by atoms with E-state index in [0.29, 0.717) is 4.47 Å². The summed E-state index contributed by atoms with van der Waals surface area (Å²) in [6.45, 7) is 0. The minimum Gasteiger partial charge on any atom is -0.478 e. The first-order valence-corrected chi connectivity index (χ1v) is 8.18. The van der Waals surface area contributed by atoms with Gasteiger partial charge in [0.25, 0.3) is 0 Å². The third-order valence-electron chi connectivity index (χ3n) is 2.61. The number of sulfone groups is 1. The first-order valence-electron chi connectivity index (χ1n) is 5.74. The monoisotopic (exact) mass is 363 g/mol. The Labute approximate surface area is 125 Å².